The fourth-order valence-corrected chi connectivity index (χ4v) is 4.00. The molecule has 4 rings (SSSR count). The molecule has 4 aromatic rings. The van der Waals surface area contributed by atoms with Crippen LogP contribution in [0.4, 0.5) is 4.39 Å². The second kappa shape index (κ2) is 9.88. The minimum absolute atomic E-state index is 0.137. The van der Waals surface area contributed by atoms with E-state index in [9.17, 15) is 4.79 Å². The molecule has 5 nitrogen and oxygen atoms in total. The van der Waals surface area contributed by atoms with Crippen LogP contribution < -0.4 is 10.5 Å². The van der Waals surface area contributed by atoms with Crippen molar-refractivity contribution in [1.29, 1.82) is 0 Å². The maximum absolute atomic E-state index is 15.2. The lowest BCUT2D eigenvalue weighted by Gasteiger charge is -2.14. The molecule has 0 atom stereocenters. The number of carbonyl (C=O) groups excluding carboxylic acids is 1. The highest BCUT2D eigenvalue weighted by atomic mass is 19.1. The van der Waals surface area contributed by atoms with Crippen molar-refractivity contribution < 1.29 is 18.7 Å². The van der Waals surface area contributed by atoms with E-state index in [-0.39, 0.29) is 31.4 Å². The summed E-state index contributed by atoms with van der Waals surface area (Å²) in [5.41, 5.74) is 10.1. The van der Waals surface area contributed by atoms with Crippen LogP contribution in [0.1, 0.15) is 23.6 Å². The van der Waals surface area contributed by atoms with Gasteiger partial charge < -0.3 is 19.8 Å². The average Bonchev–Trinajstić information content (AvgIpc) is 3.19. The lowest BCUT2D eigenvalue weighted by molar-refractivity contribution is -0.142. The zero-order valence-electron chi connectivity index (χ0n) is 18.8. The Balaban J connectivity index is 1.68. The quantitative estimate of drug-likeness (QED) is 0.381. The van der Waals surface area contributed by atoms with E-state index in [1.807, 2.05) is 66.3 Å². The summed E-state index contributed by atoms with van der Waals surface area (Å²) in [5, 5.41) is 0.956. The molecule has 0 bridgehead atoms. The van der Waals surface area contributed by atoms with Crippen molar-refractivity contribution in [1.82, 2.24) is 4.57 Å². The molecule has 0 aliphatic heterocycles. The number of fused-ring (bicyclic) bond motifs is 1. The Hall–Kier alpha value is -3.64. The Bertz CT molecular complexity index is 1300. The summed E-state index contributed by atoms with van der Waals surface area (Å²) in [7, 11) is 1.96. The average molecular weight is 447 g/mol. The van der Waals surface area contributed by atoms with E-state index in [1.165, 1.54) is 0 Å². The predicted octanol–water partition coefficient (Wildman–Crippen LogP) is 5.13. The van der Waals surface area contributed by atoms with E-state index in [2.05, 4.69) is 0 Å². The number of halogens is 1. The van der Waals surface area contributed by atoms with Crippen LogP contribution in [-0.4, -0.2) is 17.1 Å². The van der Waals surface area contributed by atoms with Crippen LogP contribution in [0.25, 0.3) is 22.0 Å². The van der Waals surface area contributed by atoms with Gasteiger partial charge in [-0.25, -0.2) is 4.39 Å². The molecule has 1 aromatic heterocycles. The SMILES string of the molecule is CCOC(=O)Cc1ccccc1OCc1cc(-c2cccc(CN)c2F)c2ccn(C)c2c1. The third-order valence-electron chi connectivity index (χ3n) is 5.66. The number of esters is 1. The van der Waals surface area contributed by atoms with E-state index >= 15 is 4.39 Å². The number of rotatable bonds is 8. The Morgan fingerprint density at radius 2 is 1.82 bits per heavy atom. The molecule has 0 aliphatic rings. The molecule has 0 aliphatic carbocycles. The minimum atomic E-state index is -0.303. The van der Waals surface area contributed by atoms with E-state index in [4.69, 9.17) is 15.2 Å². The highest BCUT2D eigenvalue weighted by molar-refractivity contribution is 5.96. The number of carbonyl (C=O) groups is 1. The second-order valence-electron chi connectivity index (χ2n) is 7.86. The molecule has 3 aromatic carbocycles. The molecular weight excluding hydrogens is 419 g/mol. The van der Waals surface area contributed by atoms with Gasteiger partial charge in [-0.05, 0) is 42.3 Å². The molecule has 0 spiro atoms. The number of benzene rings is 3. The highest BCUT2D eigenvalue weighted by Crippen LogP contribution is 2.34. The molecule has 33 heavy (non-hydrogen) atoms. The van der Waals surface area contributed by atoms with Gasteiger partial charge in [0.15, 0.2) is 0 Å². The normalized spacial score (nSPS) is 11.0. The number of ether oxygens (including phenoxy) is 2. The molecule has 2 N–H and O–H groups in total. The first-order valence-electron chi connectivity index (χ1n) is 10.9. The molecule has 0 radical (unpaired) electrons. The maximum atomic E-state index is 15.2. The van der Waals surface area contributed by atoms with E-state index in [0.29, 0.717) is 23.5 Å². The number of hydrogen-bond acceptors (Lipinski definition) is 4. The molecule has 0 amide bonds. The molecule has 170 valence electrons. The first-order valence-corrected chi connectivity index (χ1v) is 10.9. The van der Waals surface area contributed by atoms with Gasteiger partial charge >= 0.3 is 5.97 Å². The Kier molecular flexibility index (Phi) is 6.75. The van der Waals surface area contributed by atoms with Crippen molar-refractivity contribution >= 4 is 16.9 Å². The van der Waals surface area contributed by atoms with E-state index < -0.39 is 0 Å². The number of nitrogens with two attached hydrogens (primary N) is 1. The Morgan fingerprint density at radius 3 is 2.61 bits per heavy atom. The van der Waals surface area contributed by atoms with Gasteiger partial charge in [-0.1, -0.05) is 36.4 Å². The van der Waals surface area contributed by atoms with Crippen molar-refractivity contribution in [3.8, 4) is 16.9 Å². The Labute approximate surface area is 192 Å². The van der Waals surface area contributed by atoms with Gasteiger partial charge in [0.25, 0.3) is 0 Å². The van der Waals surface area contributed by atoms with Gasteiger partial charge in [0.1, 0.15) is 18.2 Å². The summed E-state index contributed by atoms with van der Waals surface area (Å²) < 4.78 is 28.3. The highest BCUT2D eigenvalue weighted by Gasteiger charge is 2.16. The van der Waals surface area contributed by atoms with Crippen LogP contribution in [0, 0.1) is 5.82 Å². The van der Waals surface area contributed by atoms with Crippen molar-refractivity contribution in [3.63, 3.8) is 0 Å². The fourth-order valence-electron chi connectivity index (χ4n) is 4.00. The van der Waals surface area contributed by atoms with Gasteiger partial charge in [0, 0.05) is 47.4 Å². The van der Waals surface area contributed by atoms with Crippen LogP contribution in [0.3, 0.4) is 0 Å². The topological polar surface area (TPSA) is 66.5 Å². The molecule has 6 heteroatoms. The van der Waals surface area contributed by atoms with Crippen LogP contribution in [0.2, 0.25) is 0 Å². The second-order valence-corrected chi connectivity index (χ2v) is 7.86. The summed E-state index contributed by atoms with van der Waals surface area (Å²) in [6.45, 7) is 2.52. The molecule has 0 saturated carbocycles. The zero-order valence-corrected chi connectivity index (χ0v) is 18.8. The number of para-hydroxylation sites is 1. The summed E-state index contributed by atoms with van der Waals surface area (Å²) in [6.07, 6.45) is 2.10. The van der Waals surface area contributed by atoms with Crippen LogP contribution in [-0.2, 0) is 36.2 Å². The van der Waals surface area contributed by atoms with Crippen LogP contribution >= 0.6 is 0 Å². The zero-order chi connectivity index (χ0) is 23.4. The molecule has 0 fully saturated rings. The van der Waals surface area contributed by atoms with E-state index in [1.54, 1.807) is 19.1 Å². The van der Waals surface area contributed by atoms with Crippen LogP contribution in [0.5, 0.6) is 5.75 Å². The fraction of sp³-hybridized carbons (Fsp3) is 0.222. The van der Waals surface area contributed by atoms with Gasteiger partial charge in [-0.3, -0.25) is 4.79 Å². The van der Waals surface area contributed by atoms with Gasteiger partial charge in [0.2, 0.25) is 0 Å². The van der Waals surface area contributed by atoms with Crippen molar-refractivity contribution in [2.24, 2.45) is 12.8 Å². The third kappa shape index (κ3) is 4.76. The summed E-state index contributed by atoms with van der Waals surface area (Å²) in [4.78, 5) is 12.0. The van der Waals surface area contributed by atoms with Crippen molar-refractivity contribution in [3.05, 3.63) is 89.4 Å². The first-order chi connectivity index (χ1) is 16.0. The van der Waals surface area contributed by atoms with Gasteiger partial charge in [-0.2, -0.15) is 0 Å². The monoisotopic (exact) mass is 446 g/mol. The van der Waals surface area contributed by atoms with Gasteiger partial charge in [-0.15, -0.1) is 0 Å². The molecule has 1 heterocycles. The van der Waals surface area contributed by atoms with E-state index in [0.717, 1.165) is 27.6 Å². The Morgan fingerprint density at radius 1 is 1.03 bits per heavy atom. The number of hydrogen-bond donors (Lipinski definition) is 1. The standard InChI is InChI=1S/C27H27FN2O3/c1-3-32-26(31)15-19-7-4-5-10-25(19)33-17-18-13-23(21-11-12-30(2)24(21)14-18)22-9-6-8-20(16-29)27(22)28/h4-14H,3,15-17,29H2,1-2H3. The number of aromatic nitrogens is 1. The minimum Gasteiger partial charge on any atom is -0.489 e. The largest absolute Gasteiger partial charge is 0.489 e. The lowest BCUT2D eigenvalue weighted by atomic mass is 9.97. The van der Waals surface area contributed by atoms with Crippen molar-refractivity contribution in [2.45, 2.75) is 26.5 Å². The number of nitrogens with zero attached hydrogens (tertiary/aromatic N) is 1. The lowest BCUT2D eigenvalue weighted by Crippen LogP contribution is -2.09. The molecular formula is C27H27FN2O3. The summed E-state index contributed by atoms with van der Waals surface area (Å²) in [5.74, 6) is 0.0229. The molecule has 0 unspecified atom stereocenters. The summed E-state index contributed by atoms with van der Waals surface area (Å²) >= 11 is 0. The first kappa shape index (κ1) is 22.6. The van der Waals surface area contributed by atoms with Crippen LogP contribution in [0.15, 0.2) is 66.9 Å². The van der Waals surface area contributed by atoms with Crippen molar-refractivity contribution in [2.75, 3.05) is 6.61 Å². The maximum Gasteiger partial charge on any atom is 0.310 e. The smallest absolute Gasteiger partial charge is 0.310 e. The van der Waals surface area contributed by atoms with Gasteiger partial charge in [0.05, 0.1) is 13.0 Å². The summed E-state index contributed by atoms with van der Waals surface area (Å²) in [6, 6.07) is 18.7. The third-order valence-corrected chi connectivity index (χ3v) is 5.66. The predicted molar refractivity (Wildman–Crippen MR) is 127 cm³/mol. The molecule has 0 saturated heterocycles. The number of aryl methyl sites for hydroxylation is 1.